The van der Waals surface area contributed by atoms with Crippen molar-refractivity contribution in [3.8, 4) is 0 Å². The highest BCUT2D eigenvalue weighted by atomic mass is 16.5. The number of piperidine rings is 1. The number of carbonyl (C=O) groups is 2. The lowest BCUT2D eigenvalue weighted by molar-refractivity contribution is -0.128. The first kappa shape index (κ1) is 21.1. The lowest BCUT2D eigenvalue weighted by atomic mass is 9.91. The third-order valence-corrected chi connectivity index (χ3v) is 6.64. The Hall–Kier alpha value is -2.79. The van der Waals surface area contributed by atoms with E-state index >= 15 is 0 Å². The number of likely N-dealkylation sites (tertiary alicyclic amines) is 1. The van der Waals surface area contributed by atoms with E-state index in [1.165, 1.54) is 0 Å². The number of ether oxygens (including phenoxy) is 2. The molecule has 0 aliphatic carbocycles. The molecule has 2 aromatic rings. The zero-order valence-corrected chi connectivity index (χ0v) is 18.3. The van der Waals surface area contributed by atoms with E-state index in [-0.39, 0.29) is 17.7 Å². The molecule has 172 valence electrons. The van der Waals surface area contributed by atoms with Crippen LogP contribution in [0.1, 0.15) is 47.6 Å². The number of amides is 2. The number of hydrogen-bond acceptors (Lipinski definition) is 7. The van der Waals surface area contributed by atoms with Gasteiger partial charge in [0.05, 0.1) is 38.3 Å². The van der Waals surface area contributed by atoms with E-state index in [4.69, 9.17) is 9.47 Å². The van der Waals surface area contributed by atoms with Gasteiger partial charge in [-0.05, 0) is 25.7 Å². The second-order valence-corrected chi connectivity index (χ2v) is 8.97. The lowest BCUT2D eigenvalue weighted by Gasteiger charge is -2.44. The minimum Gasteiger partial charge on any atom is -0.381 e. The van der Waals surface area contributed by atoms with Crippen molar-refractivity contribution in [1.82, 2.24) is 34.8 Å². The van der Waals surface area contributed by atoms with Crippen LogP contribution in [0.15, 0.2) is 12.5 Å². The predicted molar refractivity (Wildman–Crippen MR) is 111 cm³/mol. The minimum absolute atomic E-state index is 0.000432. The zero-order valence-electron chi connectivity index (χ0n) is 18.3. The molecule has 11 nitrogen and oxygen atoms in total. The average molecular weight is 444 g/mol. The van der Waals surface area contributed by atoms with Crippen LogP contribution in [0.5, 0.6) is 0 Å². The van der Waals surface area contributed by atoms with E-state index in [9.17, 15) is 9.59 Å². The maximum absolute atomic E-state index is 12.9. The van der Waals surface area contributed by atoms with Crippen molar-refractivity contribution in [3.05, 3.63) is 29.6 Å². The number of fused-ring (bicyclic) bond motifs is 1. The van der Waals surface area contributed by atoms with Crippen molar-refractivity contribution in [2.24, 2.45) is 13.0 Å². The number of imidazole rings is 1. The van der Waals surface area contributed by atoms with Crippen LogP contribution in [0.25, 0.3) is 0 Å². The van der Waals surface area contributed by atoms with Crippen LogP contribution in [0, 0.1) is 5.92 Å². The summed E-state index contributed by atoms with van der Waals surface area (Å²) in [6.07, 6.45) is 6.59. The number of nitrogens with one attached hydrogen (secondary N) is 1. The molecule has 0 saturated carbocycles. The Morgan fingerprint density at radius 1 is 1.28 bits per heavy atom. The Balaban J connectivity index is 1.22. The Morgan fingerprint density at radius 3 is 2.91 bits per heavy atom. The number of rotatable bonds is 4. The van der Waals surface area contributed by atoms with Crippen LogP contribution in [-0.4, -0.2) is 73.2 Å². The van der Waals surface area contributed by atoms with Gasteiger partial charge in [0, 0.05) is 38.9 Å². The molecule has 1 N–H and O–H groups in total. The Kier molecular flexibility index (Phi) is 5.68. The Morgan fingerprint density at radius 2 is 2.12 bits per heavy atom. The van der Waals surface area contributed by atoms with Crippen molar-refractivity contribution in [2.75, 3.05) is 26.3 Å². The van der Waals surface area contributed by atoms with Gasteiger partial charge in [-0.1, -0.05) is 5.21 Å². The lowest BCUT2D eigenvalue weighted by Crippen LogP contribution is -2.55. The molecule has 2 aromatic heterocycles. The third kappa shape index (κ3) is 4.14. The molecular formula is C21H29N7O4. The molecule has 3 aliphatic heterocycles. The Labute approximate surface area is 186 Å². The van der Waals surface area contributed by atoms with Crippen LogP contribution < -0.4 is 5.32 Å². The summed E-state index contributed by atoms with van der Waals surface area (Å²) in [5, 5.41) is 11.6. The molecule has 11 heteroatoms. The first-order valence-electron chi connectivity index (χ1n) is 11.2. The highest BCUT2D eigenvalue weighted by Gasteiger charge is 2.43. The molecular weight excluding hydrogens is 414 g/mol. The molecule has 0 radical (unpaired) electrons. The monoisotopic (exact) mass is 443 g/mol. The van der Waals surface area contributed by atoms with Gasteiger partial charge in [-0.15, -0.1) is 5.10 Å². The molecule has 5 heterocycles. The summed E-state index contributed by atoms with van der Waals surface area (Å²) in [5.74, 6) is -0.0343. The maximum atomic E-state index is 12.9. The highest BCUT2D eigenvalue weighted by molar-refractivity contribution is 5.92. The quantitative estimate of drug-likeness (QED) is 0.720. The molecule has 1 unspecified atom stereocenters. The van der Waals surface area contributed by atoms with Crippen LogP contribution in [-0.2, 0) is 41.0 Å². The van der Waals surface area contributed by atoms with Gasteiger partial charge in [0.2, 0.25) is 5.91 Å². The number of hydrogen-bond donors (Lipinski definition) is 1. The fourth-order valence-corrected chi connectivity index (χ4v) is 4.81. The van der Waals surface area contributed by atoms with Crippen molar-refractivity contribution in [3.63, 3.8) is 0 Å². The smallest absolute Gasteiger partial charge is 0.274 e. The first-order chi connectivity index (χ1) is 15.5. The number of nitrogens with zero attached hydrogens (tertiary/aromatic N) is 6. The van der Waals surface area contributed by atoms with Gasteiger partial charge in [-0.3, -0.25) is 9.59 Å². The van der Waals surface area contributed by atoms with E-state index in [2.05, 4.69) is 20.6 Å². The standard InChI is InChI=1S/C21H29N7O4/c1-26-10-17(23-14-26)20(30)27-6-2-5-21(12-27)13-28-18(11-32-21)16(24-25-28)9-22-19(29)15-3-7-31-8-4-15/h10,14-15H,2-9,11-13H2,1H3,(H,22,29). The number of aromatic nitrogens is 5. The van der Waals surface area contributed by atoms with Gasteiger partial charge >= 0.3 is 0 Å². The molecule has 1 spiro atoms. The summed E-state index contributed by atoms with van der Waals surface area (Å²) < 4.78 is 15.3. The fraction of sp³-hybridized carbons (Fsp3) is 0.667. The molecule has 32 heavy (non-hydrogen) atoms. The van der Waals surface area contributed by atoms with Gasteiger partial charge in [-0.2, -0.15) is 0 Å². The predicted octanol–water partition coefficient (Wildman–Crippen LogP) is 0.260. The summed E-state index contributed by atoms with van der Waals surface area (Å²) in [4.78, 5) is 31.3. The van der Waals surface area contributed by atoms with Gasteiger partial charge in [-0.25, -0.2) is 9.67 Å². The largest absolute Gasteiger partial charge is 0.381 e. The Bertz CT molecular complexity index is 996. The SMILES string of the molecule is Cn1cnc(C(=O)N2CCCC3(C2)Cn2nnc(CNC(=O)C4CCOCC4)c2CO3)c1. The van der Waals surface area contributed by atoms with E-state index in [0.717, 1.165) is 37.1 Å². The van der Waals surface area contributed by atoms with E-state index < -0.39 is 5.60 Å². The van der Waals surface area contributed by atoms with Crippen molar-refractivity contribution < 1.29 is 19.1 Å². The number of carbonyl (C=O) groups excluding carboxylic acids is 2. The average Bonchev–Trinajstić information content (AvgIpc) is 3.43. The molecule has 0 bridgehead atoms. The molecule has 2 fully saturated rings. The van der Waals surface area contributed by atoms with E-state index in [1.807, 2.05) is 16.6 Å². The normalized spacial score (nSPS) is 23.8. The second kappa shape index (κ2) is 8.62. The van der Waals surface area contributed by atoms with Crippen molar-refractivity contribution in [2.45, 2.75) is 51.0 Å². The van der Waals surface area contributed by atoms with Gasteiger partial charge in [0.15, 0.2) is 0 Å². The van der Waals surface area contributed by atoms with Crippen LogP contribution in [0.2, 0.25) is 0 Å². The van der Waals surface area contributed by atoms with Crippen molar-refractivity contribution >= 4 is 11.8 Å². The molecule has 5 rings (SSSR count). The molecule has 1 atom stereocenters. The fourth-order valence-electron chi connectivity index (χ4n) is 4.81. The second-order valence-electron chi connectivity index (χ2n) is 8.97. The van der Waals surface area contributed by atoms with Gasteiger partial charge < -0.3 is 24.3 Å². The minimum atomic E-state index is -0.480. The molecule has 2 amide bonds. The zero-order chi connectivity index (χ0) is 22.1. The topological polar surface area (TPSA) is 116 Å². The third-order valence-electron chi connectivity index (χ3n) is 6.64. The highest BCUT2D eigenvalue weighted by Crippen LogP contribution is 2.33. The van der Waals surface area contributed by atoms with Crippen LogP contribution in [0.3, 0.4) is 0 Å². The van der Waals surface area contributed by atoms with Crippen LogP contribution >= 0.6 is 0 Å². The van der Waals surface area contributed by atoms with Gasteiger partial charge in [0.25, 0.3) is 5.91 Å². The van der Waals surface area contributed by atoms with Crippen LogP contribution in [0.4, 0.5) is 0 Å². The summed E-state index contributed by atoms with van der Waals surface area (Å²) in [7, 11) is 1.85. The molecule has 2 saturated heterocycles. The van der Waals surface area contributed by atoms with Gasteiger partial charge in [0.1, 0.15) is 17.0 Å². The summed E-state index contributed by atoms with van der Waals surface area (Å²) in [6.45, 7) is 3.69. The molecule has 0 aromatic carbocycles. The number of aryl methyl sites for hydroxylation is 1. The van der Waals surface area contributed by atoms with E-state index in [0.29, 0.717) is 51.7 Å². The molecule has 3 aliphatic rings. The summed E-state index contributed by atoms with van der Waals surface area (Å²) in [5.41, 5.74) is 1.59. The summed E-state index contributed by atoms with van der Waals surface area (Å²) in [6, 6.07) is 0. The maximum Gasteiger partial charge on any atom is 0.274 e. The first-order valence-corrected chi connectivity index (χ1v) is 11.2. The van der Waals surface area contributed by atoms with E-state index in [1.54, 1.807) is 17.1 Å². The summed E-state index contributed by atoms with van der Waals surface area (Å²) >= 11 is 0. The van der Waals surface area contributed by atoms with Crippen molar-refractivity contribution in [1.29, 1.82) is 0 Å².